The normalized spacial score (nSPS) is 22.0. The Hall–Kier alpha value is -1.97. The smallest absolute Gasteiger partial charge is 0.421 e. The lowest BCUT2D eigenvalue weighted by Gasteiger charge is -2.28. The Balaban J connectivity index is 1.79. The van der Waals surface area contributed by atoms with Crippen molar-refractivity contribution in [2.75, 3.05) is 25.2 Å². The van der Waals surface area contributed by atoms with E-state index >= 15 is 0 Å². The molecule has 2 heterocycles. The van der Waals surface area contributed by atoms with E-state index in [-0.39, 0.29) is 24.6 Å². The van der Waals surface area contributed by atoms with Crippen LogP contribution in [-0.4, -0.2) is 47.6 Å². The number of nitrogens with zero attached hydrogens (tertiary/aromatic N) is 1. The molecule has 2 aliphatic rings. The fourth-order valence-electron chi connectivity index (χ4n) is 2.92. The number of carbonyl (C=O) groups is 2. The number of hydrogen-bond donors (Lipinski definition) is 1. The number of halogens is 3. The summed E-state index contributed by atoms with van der Waals surface area (Å²) in [5.41, 5.74) is -1.99. The fraction of sp³-hybridized carbons (Fsp3) is 0.611. The molecule has 1 atom stereocenters. The van der Waals surface area contributed by atoms with Gasteiger partial charge in [0.05, 0.1) is 25.7 Å². The lowest BCUT2D eigenvalue weighted by atomic mass is 9.94. The molecule has 1 N–H and O–H groups in total. The van der Waals surface area contributed by atoms with Crippen LogP contribution in [0.2, 0.25) is 0 Å². The third-order valence-corrected chi connectivity index (χ3v) is 5.99. The van der Waals surface area contributed by atoms with E-state index in [9.17, 15) is 22.8 Å². The number of nitrogens with one attached hydrogen (secondary N) is 1. The van der Waals surface area contributed by atoms with Crippen LogP contribution in [0.5, 0.6) is 5.88 Å². The molecule has 1 aromatic rings. The van der Waals surface area contributed by atoms with Gasteiger partial charge in [-0.1, -0.05) is 0 Å². The Morgan fingerprint density at radius 1 is 1.36 bits per heavy atom. The maximum atomic E-state index is 13.2. The highest BCUT2D eigenvalue weighted by Gasteiger charge is 2.40. The van der Waals surface area contributed by atoms with Crippen LogP contribution in [0.3, 0.4) is 0 Å². The summed E-state index contributed by atoms with van der Waals surface area (Å²) in [6.07, 6.45) is -2.25. The lowest BCUT2D eigenvalue weighted by Crippen LogP contribution is -2.50. The molecule has 0 radical (unpaired) electrons. The first-order valence-corrected chi connectivity index (χ1v) is 10.1. The van der Waals surface area contributed by atoms with Gasteiger partial charge in [0, 0.05) is 5.75 Å². The van der Waals surface area contributed by atoms with E-state index in [0.29, 0.717) is 12.2 Å². The molecule has 1 saturated heterocycles. The summed E-state index contributed by atoms with van der Waals surface area (Å²) in [6, 6.07) is 1.83. The minimum atomic E-state index is -4.63. The lowest BCUT2D eigenvalue weighted by molar-refractivity contribution is -0.142. The number of alkyl halides is 3. The number of methoxy groups -OCH3 is 1. The predicted molar refractivity (Wildman–Crippen MR) is 96.2 cm³/mol. The molecule has 1 aliphatic heterocycles. The number of aromatic nitrogens is 1. The van der Waals surface area contributed by atoms with Crippen LogP contribution in [0.25, 0.3) is 0 Å². The molecule has 1 aliphatic carbocycles. The van der Waals surface area contributed by atoms with E-state index < -0.39 is 35.0 Å². The zero-order valence-corrected chi connectivity index (χ0v) is 16.1. The Kier molecular flexibility index (Phi) is 6.07. The van der Waals surface area contributed by atoms with Crippen molar-refractivity contribution in [2.45, 2.75) is 37.4 Å². The topological polar surface area (TPSA) is 77.5 Å². The highest BCUT2D eigenvalue weighted by atomic mass is 32.2. The summed E-state index contributed by atoms with van der Waals surface area (Å²) in [6.45, 7) is 0.143. The summed E-state index contributed by atoms with van der Waals surface area (Å²) in [5, 5.41) is 2.78. The molecule has 6 nitrogen and oxygen atoms in total. The molecule has 1 saturated carbocycles. The van der Waals surface area contributed by atoms with Crippen molar-refractivity contribution in [1.29, 1.82) is 0 Å². The molecule has 3 rings (SSSR count). The van der Waals surface area contributed by atoms with Crippen molar-refractivity contribution in [3.05, 3.63) is 23.4 Å². The van der Waals surface area contributed by atoms with Gasteiger partial charge in [0.2, 0.25) is 5.88 Å². The maximum absolute atomic E-state index is 13.2. The van der Waals surface area contributed by atoms with E-state index in [1.54, 1.807) is 11.8 Å². The van der Waals surface area contributed by atoms with Crippen LogP contribution in [0.4, 0.5) is 13.2 Å². The standard InChI is InChI=1S/C18H21F3N2O4S/c1-26-14(24)8-17(6-7-28-10-17)23-15(25)13-5-4-12(18(19,20)21)16(22-13)27-9-11-2-3-11/h4-5,11H,2-3,6-10H2,1H3,(H,23,25). The van der Waals surface area contributed by atoms with Crippen molar-refractivity contribution in [3.63, 3.8) is 0 Å². The zero-order valence-electron chi connectivity index (χ0n) is 15.3. The molecule has 1 aromatic heterocycles. The molecule has 154 valence electrons. The number of pyridine rings is 1. The average molecular weight is 418 g/mol. The Labute approximate surface area is 164 Å². The summed E-state index contributed by atoms with van der Waals surface area (Å²) < 4.78 is 49.6. The van der Waals surface area contributed by atoms with Gasteiger partial charge in [-0.15, -0.1) is 0 Å². The fourth-order valence-corrected chi connectivity index (χ4v) is 4.31. The maximum Gasteiger partial charge on any atom is 0.421 e. The molecule has 1 amide bonds. The number of hydrogen-bond acceptors (Lipinski definition) is 6. The van der Waals surface area contributed by atoms with Crippen LogP contribution in [0.1, 0.15) is 41.7 Å². The van der Waals surface area contributed by atoms with Gasteiger partial charge in [0.25, 0.3) is 5.91 Å². The monoisotopic (exact) mass is 418 g/mol. The third-order valence-electron chi connectivity index (χ3n) is 4.74. The summed E-state index contributed by atoms with van der Waals surface area (Å²) in [5.74, 6) is -0.186. The van der Waals surface area contributed by atoms with Gasteiger partial charge >= 0.3 is 12.1 Å². The molecule has 28 heavy (non-hydrogen) atoms. The van der Waals surface area contributed by atoms with Crippen LogP contribution in [0.15, 0.2) is 12.1 Å². The van der Waals surface area contributed by atoms with E-state index in [1.165, 1.54) is 7.11 Å². The van der Waals surface area contributed by atoms with Gasteiger partial charge in [0.1, 0.15) is 11.3 Å². The molecular formula is C18H21F3N2O4S. The molecule has 10 heteroatoms. The van der Waals surface area contributed by atoms with Crippen LogP contribution >= 0.6 is 11.8 Å². The Morgan fingerprint density at radius 2 is 2.11 bits per heavy atom. The molecule has 0 aromatic carbocycles. The van der Waals surface area contributed by atoms with Gasteiger partial charge in [-0.3, -0.25) is 9.59 Å². The van der Waals surface area contributed by atoms with E-state index in [4.69, 9.17) is 9.47 Å². The first-order chi connectivity index (χ1) is 13.2. The summed E-state index contributed by atoms with van der Waals surface area (Å²) in [7, 11) is 1.26. The Bertz CT molecular complexity index is 747. The van der Waals surface area contributed by atoms with Crippen molar-refractivity contribution >= 4 is 23.6 Å². The average Bonchev–Trinajstić information content (AvgIpc) is 3.37. The van der Waals surface area contributed by atoms with Gasteiger partial charge in [-0.05, 0) is 43.1 Å². The molecule has 0 spiro atoms. The van der Waals surface area contributed by atoms with E-state index in [1.807, 2.05) is 0 Å². The van der Waals surface area contributed by atoms with E-state index in [2.05, 4.69) is 10.3 Å². The van der Waals surface area contributed by atoms with Crippen LogP contribution in [0, 0.1) is 5.92 Å². The number of thioether (sulfide) groups is 1. The number of ether oxygens (including phenoxy) is 2. The van der Waals surface area contributed by atoms with Crippen molar-refractivity contribution < 1.29 is 32.2 Å². The minimum absolute atomic E-state index is 0.00604. The van der Waals surface area contributed by atoms with Crippen LogP contribution < -0.4 is 10.1 Å². The number of esters is 1. The van der Waals surface area contributed by atoms with Gasteiger partial charge in [-0.2, -0.15) is 24.9 Å². The number of rotatable bonds is 7. The number of amides is 1. The molecule has 2 fully saturated rings. The highest BCUT2D eigenvalue weighted by Crippen LogP contribution is 2.37. The third kappa shape index (κ3) is 5.09. The molecule has 1 unspecified atom stereocenters. The van der Waals surface area contributed by atoms with Gasteiger partial charge < -0.3 is 14.8 Å². The SMILES string of the molecule is COC(=O)CC1(NC(=O)c2ccc(C(F)(F)F)c(OCC3CC3)n2)CCSC1. The van der Waals surface area contributed by atoms with E-state index in [0.717, 1.165) is 30.7 Å². The molecular weight excluding hydrogens is 397 g/mol. The van der Waals surface area contributed by atoms with Crippen molar-refractivity contribution in [2.24, 2.45) is 5.92 Å². The van der Waals surface area contributed by atoms with Gasteiger partial charge in [0.15, 0.2) is 0 Å². The number of carbonyl (C=O) groups excluding carboxylic acids is 2. The zero-order chi connectivity index (χ0) is 20.4. The summed E-state index contributed by atoms with van der Waals surface area (Å²) >= 11 is 1.58. The second-order valence-electron chi connectivity index (χ2n) is 7.09. The minimum Gasteiger partial charge on any atom is -0.477 e. The van der Waals surface area contributed by atoms with Crippen molar-refractivity contribution in [3.8, 4) is 5.88 Å². The molecule has 0 bridgehead atoms. The quantitative estimate of drug-likeness (QED) is 0.686. The van der Waals surface area contributed by atoms with Crippen molar-refractivity contribution in [1.82, 2.24) is 10.3 Å². The first-order valence-electron chi connectivity index (χ1n) is 8.90. The van der Waals surface area contributed by atoms with Gasteiger partial charge in [-0.25, -0.2) is 4.98 Å². The second kappa shape index (κ2) is 8.18. The predicted octanol–water partition coefficient (Wildman–Crippen LogP) is 3.06. The second-order valence-corrected chi connectivity index (χ2v) is 8.20. The largest absolute Gasteiger partial charge is 0.477 e. The van der Waals surface area contributed by atoms with Crippen LogP contribution in [-0.2, 0) is 15.7 Å². The Morgan fingerprint density at radius 3 is 2.68 bits per heavy atom. The first kappa shape index (κ1) is 20.8. The highest BCUT2D eigenvalue weighted by molar-refractivity contribution is 7.99. The summed E-state index contributed by atoms with van der Waals surface area (Å²) in [4.78, 5) is 28.2.